The van der Waals surface area contributed by atoms with Crippen LogP contribution in [0.15, 0.2) is 77.7 Å². The maximum absolute atomic E-state index is 14.1. The van der Waals surface area contributed by atoms with Crippen molar-refractivity contribution in [2.75, 3.05) is 10.8 Å². The Labute approximate surface area is 237 Å². The molecule has 0 bridgehead atoms. The van der Waals surface area contributed by atoms with Gasteiger partial charge in [-0.1, -0.05) is 56.3 Å². The summed E-state index contributed by atoms with van der Waals surface area (Å²) in [6.07, 6.45) is 1.02. The van der Waals surface area contributed by atoms with Gasteiger partial charge in [-0.05, 0) is 80.6 Å². The molecule has 214 valence electrons. The van der Waals surface area contributed by atoms with Gasteiger partial charge >= 0.3 is 0 Å². The van der Waals surface area contributed by atoms with Crippen LogP contribution in [0.3, 0.4) is 0 Å². The van der Waals surface area contributed by atoms with Crippen LogP contribution in [0.5, 0.6) is 0 Å². The van der Waals surface area contributed by atoms with E-state index in [9.17, 15) is 22.4 Å². The molecule has 3 aromatic carbocycles. The number of sulfonamides is 1. The summed E-state index contributed by atoms with van der Waals surface area (Å²) >= 11 is 0. The van der Waals surface area contributed by atoms with Crippen molar-refractivity contribution in [1.82, 2.24) is 10.2 Å². The number of carbonyl (C=O) groups excluding carboxylic acids is 2. The first-order valence-corrected chi connectivity index (χ1v) is 14.9. The minimum Gasteiger partial charge on any atom is -0.352 e. The summed E-state index contributed by atoms with van der Waals surface area (Å²) in [7, 11) is -4.14. The molecule has 0 heterocycles. The molecule has 3 aromatic rings. The fraction of sp³-hybridized carbons (Fsp3) is 0.355. The van der Waals surface area contributed by atoms with Crippen molar-refractivity contribution in [1.29, 1.82) is 0 Å². The van der Waals surface area contributed by atoms with Crippen LogP contribution in [-0.4, -0.2) is 43.8 Å². The second kappa shape index (κ2) is 13.6. The van der Waals surface area contributed by atoms with E-state index in [1.165, 1.54) is 29.2 Å². The van der Waals surface area contributed by atoms with Crippen molar-refractivity contribution in [3.8, 4) is 0 Å². The number of halogens is 1. The molecule has 0 aliphatic heterocycles. The predicted molar refractivity (Wildman–Crippen MR) is 156 cm³/mol. The number of amides is 2. The molecule has 0 saturated carbocycles. The van der Waals surface area contributed by atoms with Crippen molar-refractivity contribution >= 4 is 27.5 Å². The highest BCUT2D eigenvalue weighted by molar-refractivity contribution is 7.92. The van der Waals surface area contributed by atoms with Crippen LogP contribution >= 0.6 is 0 Å². The summed E-state index contributed by atoms with van der Waals surface area (Å²) in [5.41, 5.74) is 2.53. The van der Waals surface area contributed by atoms with Gasteiger partial charge in [0.25, 0.3) is 10.0 Å². The molecule has 9 heteroatoms. The number of hydrogen-bond acceptors (Lipinski definition) is 4. The van der Waals surface area contributed by atoms with Crippen LogP contribution in [0.25, 0.3) is 0 Å². The number of benzene rings is 3. The maximum Gasteiger partial charge on any atom is 0.264 e. The highest BCUT2D eigenvalue weighted by Crippen LogP contribution is 2.28. The first kappa shape index (κ1) is 30.8. The van der Waals surface area contributed by atoms with Gasteiger partial charge in [-0.2, -0.15) is 0 Å². The SMILES string of the molecule is CC[C@H](C(=O)N[C@@H](C)CC)N(Cc1ccc(F)cc1)C(=O)CN(c1cc(C)ccc1C)S(=O)(=O)c1ccccc1. The molecule has 0 spiro atoms. The zero-order chi connectivity index (χ0) is 29.4. The van der Waals surface area contributed by atoms with Crippen molar-refractivity contribution in [3.05, 3.63) is 95.3 Å². The number of carbonyl (C=O) groups is 2. The van der Waals surface area contributed by atoms with E-state index in [0.29, 0.717) is 29.7 Å². The molecule has 0 aliphatic rings. The topological polar surface area (TPSA) is 86.8 Å². The first-order chi connectivity index (χ1) is 19.0. The molecule has 0 aliphatic carbocycles. The van der Waals surface area contributed by atoms with E-state index in [1.807, 2.05) is 32.9 Å². The Balaban J connectivity index is 2.08. The van der Waals surface area contributed by atoms with Gasteiger partial charge in [0.05, 0.1) is 10.6 Å². The summed E-state index contributed by atoms with van der Waals surface area (Å²) in [5, 5.41) is 2.94. The largest absolute Gasteiger partial charge is 0.352 e. The summed E-state index contributed by atoms with van der Waals surface area (Å²) in [5.74, 6) is -1.29. The fourth-order valence-electron chi connectivity index (χ4n) is 4.37. The van der Waals surface area contributed by atoms with Gasteiger partial charge in [0.2, 0.25) is 11.8 Å². The monoisotopic (exact) mass is 567 g/mol. The van der Waals surface area contributed by atoms with E-state index in [-0.39, 0.29) is 23.4 Å². The van der Waals surface area contributed by atoms with Crippen molar-refractivity contribution < 1.29 is 22.4 Å². The molecular weight excluding hydrogens is 529 g/mol. The van der Waals surface area contributed by atoms with Gasteiger partial charge in [-0.3, -0.25) is 13.9 Å². The van der Waals surface area contributed by atoms with Gasteiger partial charge in [-0.15, -0.1) is 0 Å². The van der Waals surface area contributed by atoms with E-state index in [4.69, 9.17) is 0 Å². The third-order valence-corrected chi connectivity index (χ3v) is 8.67. The Kier molecular flexibility index (Phi) is 10.5. The van der Waals surface area contributed by atoms with Gasteiger partial charge < -0.3 is 10.2 Å². The summed E-state index contributed by atoms with van der Waals surface area (Å²) < 4.78 is 42.6. The van der Waals surface area contributed by atoms with Crippen molar-refractivity contribution in [3.63, 3.8) is 0 Å². The second-order valence-corrected chi connectivity index (χ2v) is 11.9. The van der Waals surface area contributed by atoms with Gasteiger partial charge in [-0.25, -0.2) is 12.8 Å². The molecule has 0 radical (unpaired) electrons. The van der Waals surface area contributed by atoms with Crippen LogP contribution in [0.2, 0.25) is 0 Å². The van der Waals surface area contributed by atoms with Gasteiger partial charge in [0.15, 0.2) is 0 Å². The number of nitrogens with one attached hydrogen (secondary N) is 1. The Morgan fingerprint density at radius 3 is 2.17 bits per heavy atom. The van der Waals surface area contributed by atoms with E-state index >= 15 is 0 Å². The Hall–Kier alpha value is -3.72. The van der Waals surface area contributed by atoms with Crippen LogP contribution in [0, 0.1) is 19.7 Å². The highest BCUT2D eigenvalue weighted by atomic mass is 32.2. The quantitative estimate of drug-likeness (QED) is 0.319. The third kappa shape index (κ3) is 7.47. The fourth-order valence-corrected chi connectivity index (χ4v) is 5.86. The lowest BCUT2D eigenvalue weighted by atomic mass is 10.1. The molecule has 1 N–H and O–H groups in total. The summed E-state index contributed by atoms with van der Waals surface area (Å²) in [4.78, 5) is 28.9. The van der Waals surface area contributed by atoms with Crippen molar-refractivity contribution in [2.24, 2.45) is 0 Å². The molecule has 7 nitrogen and oxygen atoms in total. The first-order valence-electron chi connectivity index (χ1n) is 13.5. The number of hydrogen-bond donors (Lipinski definition) is 1. The molecule has 2 amide bonds. The van der Waals surface area contributed by atoms with E-state index in [1.54, 1.807) is 50.2 Å². The predicted octanol–water partition coefficient (Wildman–Crippen LogP) is 5.36. The Bertz CT molecular complexity index is 1410. The number of rotatable bonds is 12. The lowest BCUT2D eigenvalue weighted by molar-refractivity contribution is -0.140. The minimum atomic E-state index is -4.14. The molecule has 0 unspecified atom stereocenters. The standard InChI is InChI=1S/C31H38FN3O4S/c1-6-24(5)33-31(37)28(7-2)34(20-25-15-17-26(32)18-16-25)30(36)21-35(29-19-22(3)13-14-23(29)4)40(38,39)27-11-9-8-10-12-27/h8-19,24,28H,6-7,20-21H2,1-5H3,(H,33,37)/t24-,28+/m0/s1. The van der Waals surface area contributed by atoms with Crippen LogP contribution in [0.1, 0.15) is 50.3 Å². The average Bonchev–Trinajstić information content (AvgIpc) is 2.94. The maximum atomic E-state index is 14.1. The zero-order valence-corrected chi connectivity index (χ0v) is 24.5. The number of aryl methyl sites for hydroxylation is 2. The normalized spacial score (nSPS) is 12.8. The minimum absolute atomic E-state index is 0.0115. The molecule has 0 saturated heterocycles. The lowest BCUT2D eigenvalue weighted by Gasteiger charge is -2.34. The molecule has 2 atom stereocenters. The van der Waals surface area contributed by atoms with Crippen molar-refractivity contribution in [2.45, 2.75) is 71.0 Å². The lowest BCUT2D eigenvalue weighted by Crippen LogP contribution is -2.53. The van der Waals surface area contributed by atoms with E-state index in [2.05, 4.69) is 5.32 Å². The van der Waals surface area contributed by atoms with Gasteiger partial charge in [0, 0.05) is 12.6 Å². The Morgan fingerprint density at radius 1 is 0.925 bits per heavy atom. The van der Waals surface area contributed by atoms with Crippen LogP contribution in [-0.2, 0) is 26.2 Å². The molecular formula is C31H38FN3O4S. The molecule has 0 fully saturated rings. The smallest absolute Gasteiger partial charge is 0.264 e. The summed E-state index contributed by atoms with van der Waals surface area (Å²) in [6.45, 7) is 8.76. The highest BCUT2D eigenvalue weighted by Gasteiger charge is 2.34. The van der Waals surface area contributed by atoms with Crippen LogP contribution in [0.4, 0.5) is 10.1 Å². The summed E-state index contributed by atoms with van der Waals surface area (Å²) in [6, 6.07) is 18.1. The van der Waals surface area contributed by atoms with Crippen LogP contribution < -0.4 is 9.62 Å². The van der Waals surface area contributed by atoms with E-state index in [0.717, 1.165) is 9.87 Å². The molecule has 40 heavy (non-hydrogen) atoms. The number of anilines is 1. The number of nitrogens with zero attached hydrogens (tertiary/aromatic N) is 2. The molecule has 3 rings (SSSR count). The molecule has 0 aromatic heterocycles. The Morgan fingerprint density at radius 2 is 1.57 bits per heavy atom. The second-order valence-electron chi connectivity index (χ2n) is 10.0. The third-order valence-electron chi connectivity index (χ3n) is 6.90. The van der Waals surface area contributed by atoms with Gasteiger partial charge in [0.1, 0.15) is 18.4 Å². The zero-order valence-electron chi connectivity index (χ0n) is 23.7. The average molecular weight is 568 g/mol. The van der Waals surface area contributed by atoms with E-state index < -0.39 is 34.3 Å².